The van der Waals surface area contributed by atoms with Gasteiger partial charge in [-0.05, 0) is 19.1 Å². The maximum absolute atomic E-state index is 11.0. The highest BCUT2D eigenvalue weighted by Gasteiger charge is 2.14. The number of carbonyl (C=O) groups is 2. The third kappa shape index (κ3) is 3.84. The SMILES string of the molecule is CC.CCOC(=O)c1ccc(C(=O)O)o1. The normalized spacial score (nSPS) is 8.73. The van der Waals surface area contributed by atoms with Crippen LogP contribution in [-0.2, 0) is 4.74 Å². The topological polar surface area (TPSA) is 76.7 Å². The molecule has 0 aliphatic carbocycles. The molecule has 0 spiro atoms. The Bertz CT molecular complexity index is 326. The summed E-state index contributed by atoms with van der Waals surface area (Å²) in [7, 11) is 0. The third-order valence-electron chi connectivity index (χ3n) is 1.29. The summed E-state index contributed by atoms with van der Waals surface area (Å²) in [6.07, 6.45) is 0. The fraction of sp³-hybridized carbons (Fsp3) is 0.400. The smallest absolute Gasteiger partial charge is 0.374 e. The first-order chi connectivity index (χ1) is 7.15. The zero-order valence-electron chi connectivity index (χ0n) is 8.94. The van der Waals surface area contributed by atoms with Gasteiger partial charge in [-0.1, -0.05) is 13.8 Å². The molecular formula is C10H14O5. The van der Waals surface area contributed by atoms with E-state index in [0.717, 1.165) is 0 Å². The molecule has 1 aromatic heterocycles. The summed E-state index contributed by atoms with van der Waals surface area (Å²) < 4.78 is 9.28. The van der Waals surface area contributed by atoms with Crippen molar-refractivity contribution in [3.8, 4) is 0 Å². The van der Waals surface area contributed by atoms with E-state index in [1.54, 1.807) is 6.92 Å². The number of hydrogen-bond acceptors (Lipinski definition) is 4. The zero-order valence-corrected chi connectivity index (χ0v) is 8.94. The highest BCUT2D eigenvalue weighted by molar-refractivity contribution is 5.89. The van der Waals surface area contributed by atoms with Crippen LogP contribution >= 0.6 is 0 Å². The average molecular weight is 214 g/mol. The summed E-state index contributed by atoms with van der Waals surface area (Å²) in [5, 5.41) is 8.46. The van der Waals surface area contributed by atoms with Gasteiger partial charge in [0, 0.05) is 0 Å². The second-order valence-corrected chi connectivity index (χ2v) is 2.19. The van der Waals surface area contributed by atoms with Crippen molar-refractivity contribution < 1.29 is 23.8 Å². The number of furan rings is 1. The number of ether oxygens (including phenoxy) is 1. The van der Waals surface area contributed by atoms with E-state index in [0.29, 0.717) is 0 Å². The first kappa shape index (κ1) is 13.2. The van der Waals surface area contributed by atoms with Crippen molar-refractivity contribution in [2.45, 2.75) is 20.8 Å². The van der Waals surface area contributed by atoms with Crippen molar-refractivity contribution >= 4 is 11.9 Å². The maximum atomic E-state index is 11.0. The van der Waals surface area contributed by atoms with Gasteiger partial charge in [-0.15, -0.1) is 0 Å². The third-order valence-corrected chi connectivity index (χ3v) is 1.29. The molecule has 5 heteroatoms. The molecule has 0 saturated heterocycles. The standard InChI is InChI=1S/C8H8O5.C2H6/c1-2-12-8(11)6-4-3-5(13-6)7(9)10;1-2/h3-4H,2H2,1H3,(H,9,10);1-2H3. The molecule has 1 aromatic rings. The predicted octanol–water partition coefficient (Wildman–Crippen LogP) is 2.18. The molecule has 0 radical (unpaired) electrons. The van der Waals surface area contributed by atoms with Crippen LogP contribution in [0.3, 0.4) is 0 Å². The highest BCUT2D eigenvalue weighted by atomic mass is 16.5. The summed E-state index contributed by atoms with van der Waals surface area (Å²) >= 11 is 0. The molecular weight excluding hydrogens is 200 g/mol. The van der Waals surface area contributed by atoms with Crippen LogP contribution in [0.4, 0.5) is 0 Å². The first-order valence-electron chi connectivity index (χ1n) is 4.65. The van der Waals surface area contributed by atoms with E-state index in [2.05, 4.69) is 9.15 Å². The van der Waals surface area contributed by atoms with Crippen LogP contribution in [-0.4, -0.2) is 23.7 Å². The van der Waals surface area contributed by atoms with Crippen molar-refractivity contribution in [2.75, 3.05) is 6.61 Å². The van der Waals surface area contributed by atoms with Crippen LogP contribution in [0.2, 0.25) is 0 Å². The summed E-state index contributed by atoms with van der Waals surface area (Å²) in [5.41, 5.74) is 0. The van der Waals surface area contributed by atoms with E-state index in [1.807, 2.05) is 13.8 Å². The van der Waals surface area contributed by atoms with Crippen LogP contribution in [0.1, 0.15) is 41.9 Å². The molecule has 1 N–H and O–H groups in total. The van der Waals surface area contributed by atoms with Crippen LogP contribution in [0.15, 0.2) is 16.5 Å². The number of carboxylic acids is 1. The molecule has 0 fully saturated rings. The van der Waals surface area contributed by atoms with E-state index < -0.39 is 11.9 Å². The summed E-state index contributed by atoms with van der Waals surface area (Å²) in [5.74, 6) is -2.24. The van der Waals surface area contributed by atoms with E-state index in [4.69, 9.17) is 5.11 Å². The molecule has 0 aliphatic heterocycles. The minimum Gasteiger partial charge on any atom is -0.475 e. The largest absolute Gasteiger partial charge is 0.475 e. The quantitative estimate of drug-likeness (QED) is 0.780. The molecule has 0 amide bonds. The molecule has 84 valence electrons. The van der Waals surface area contributed by atoms with Crippen molar-refractivity contribution in [2.24, 2.45) is 0 Å². The molecule has 0 aromatic carbocycles. The molecule has 1 heterocycles. The van der Waals surface area contributed by atoms with Gasteiger partial charge in [-0.3, -0.25) is 0 Å². The van der Waals surface area contributed by atoms with Crippen molar-refractivity contribution in [3.63, 3.8) is 0 Å². The summed E-state index contributed by atoms with van der Waals surface area (Å²) in [4.78, 5) is 21.3. The van der Waals surface area contributed by atoms with Gasteiger partial charge in [-0.25, -0.2) is 9.59 Å². The van der Waals surface area contributed by atoms with Crippen molar-refractivity contribution in [1.82, 2.24) is 0 Å². The Morgan fingerprint density at radius 1 is 1.33 bits per heavy atom. The molecule has 15 heavy (non-hydrogen) atoms. The first-order valence-corrected chi connectivity index (χ1v) is 4.65. The minimum absolute atomic E-state index is 0.0979. The summed E-state index contributed by atoms with van der Waals surface area (Å²) in [6.45, 7) is 5.88. The Labute approximate surface area is 87.7 Å². The molecule has 0 unspecified atom stereocenters. The maximum Gasteiger partial charge on any atom is 0.374 e. The van der Waals surface area contributed by atoms with Gasteiger partial charge in [-0.2, -0.15) is 0 Å². The fourth-order valence-electron chi connectivity index (χ4n) is 0.765. The molecule has 0 atom stereocenters. The number of esters is 1. The predicted molar refractivity (Wildman–Crippen MR) is 53.0 cm³/mol. The van der Waals surface area contributed by atoms with Crippen molar-refractivity contribution in [1.29, 1.82) is 0 Å². The molecule has 0 saturated carbocycles. The van der Waals surface area contributed by atoms with Crippen molar-refractivity contribution in [3.05, 3.63) is 23.7 Å². The molecule has 0 bridgehead atoms. The van der Waals surface area contributed by atoms with Gasteiger partial charge in [0.25, 0.3) is 0 Å². The number of carboxylic acid groups (broad SMARTS) is 1. The van der Waals surface area contributed by atoms with E-state index in [1.165, 1.54) is 12.1 Å². The number of carbonyl (C=O) groups excluding carboxylic acids is 1. The highest BCUT2D eigenvalue weighted by Crippen LogP contribution is 2.08. The average Bonchev–Trinajstić information content (AvgIpc) is 2.70. The number of rotatable bonds is 3. The Balaban J connectivity index is 0.000000921. The Hall–Kier alpha value is -1.78. The van der Waals surface area contributed by atoms with Crippen LogP contribution in [0, 0.1) is 0 Å². The lowest BCUT2D eigenvalue weighted by molar-refractivity contribution is 0.0484. The lowest BCUT2D eigenvalue weighted by atomic mass is 10.4. The van der Waals surface area contributed by atoms with Crippen LogP contribution in [0.25, 0.3) is 0 Å². The van der Waals surface area contributed by atoms with Gasteiger partial charge in [0.1, 0.15) is 0 Å². The second-order valence-electron chi connectivity index (χ2n) is 2.19. The lowest BCUT2D eigenvalue weighted by Gasteiger charge is -1.95. The van der Waals surface area contributed by atoms with Gasteiger partial charge in [0.05, 0.1) is 6.61 Å². The van der Waals surface area contributed by atoms with Gasteiger partial charge in [0.15, 0.2) is 0 Å². The van der Waals surface area contributed by atoms with E-state index in [-0.39, 0.29) is 18.1 Å². The Kier molecular flexibility index (Phi) is 5.85. The van der Waals surface area contributed by atoms with Crippen LogP contribution in [0.5, 0.6) is 0 Å². The minimum atomic E-state index is -1.21. The molecule has 0 aliphatic rings. The number of hydrogen-bond donors (Lipinski definition) is 1. The second kappa shape index (κ2) is 6.64. The van der Waals surface area contributed by atoms with Gasteiger partial charge in [0.2, 0.25) is 11.5 Å². The Morgan fingerprint density at radius 2 is 1.87 bits per heavy atom. The van der Waals surface area contributed by atoms with Gasteiger partial charge >= 0.3 is 11.9 Å². The number of aromatic carboxylic acids is 1. The summed E-state index contributed by atoms with van der Waals surface area (Å²) in [6, 6.07) is 2.47. The van der Waals surface area contributed by atoms with Gasteiger partial charge < -0.3 is 14.3 Å². The fourth-order valence-corrected chi connectivity index (χ4v) is 0.765. The van der Waals surface area contributed by atoms with Crippen LogP contribution < -0.4 is 0 Å². The molecule has 5 nitrogen and oxygen atoms in total. The van der Waals surface area contributed by atoms with E-state index in [9.17, 15) is 9.59 Å². The zero-order chi connectivity index (χ0) is 11.8. The monoisotopic (exact) mass is 214 g/mol. The van der Waals surface area contributed by atoms with E-state index >= 15 is 0 Å². The molecule has 1 rings (SSSR count). The Morgan fingerprint density at radius 3 is 2.27 bits per heavy atom. The lowest BCUT2D eigenvalue weighted by Crippen LogP contribution is -2.03.